The van der Waals surface area contributed by atoms with Crippen LogP contribution in [0.5, 0.6) is 0 Å². The van der Waals surface area contributed by atoms with Crippen LogP contribution in [-0.2, 0) is 24.6 Å². The molecular formula is C15H26BrN3O. The van der Waals surface area contributed by atoms with Crippen molar-refractivity contribution in [2.75, 3.05) is 19.8 Å². The largest absolute Gasteiger partial charge is 0.381 e. The molecule has 2 atom stereocenters. The first-order valence-corrected chi connectivity index (χ1v) is 8.48. The summed E-state index contributed by atoms with van der Waals surface area (Å²) in [5, 5.41) is 8.30. The Labute approximate surface area is 130 Å². The van der Waals surface area contributed by atoms with Crippen LogP contribution in [0.25, 0.3) is 0 Å². The second kappa shape index (κ2) is 7.57. The summed E-state index contributed by atoms with van der Waals surface area (Å²) in [6, 6.07) is 0.480. The molecule has 1 saturated heterocycles. The maximum absolute atomic E-state index is 5.57. The molecule has 1 aromatic rings. The highest BCUT2D eigenvalue weighted by Crippen LogP contribution is 2.26. The van der Waals surface area contributed by atoms with Crippen molar-refractivity contribution in [3.63, 3.8) is 0 Å². The molecule has 0 aromatic carbocycles. The second-order valence-corrected chi connectivity index (χ2v) is 6.37. The van der Waals surface area contributed by atoms with Crippen LogP contribution in [0.4, 0.5) is 0 Å². The van der Waals surface area contributed by atoms with Gasteiger partial charge in [0.2, 0.25) is 0 Å². The minimum absolute atomic E-state index is 0.480. The smallest absolute Gasteiger partial charge is 0.0766 e. The number of aryl methyl sites for hydroxylation is 2. The minimum atomic E-state index is 0.480. The maximum Gasteiger partial charge on any atom is 0.0766 e. The molecule has 0 amide bonds. The molecule has 20 heavy (non-hydrogen) atoms. The molecule has 1 aromatic heterocycles. The zero-order valence-corrected chi connectivity index (χ0v) is 14.4. The van der Waals surface area contributed by atoms with Crippen LogP contribution in [-0.4, -0.2) is 35.6 Å². The number of hydrogen-bond acceptors (Lipinski definition) is 3. The van der Waals surface area contributed by atoms with Gasteiger partial charge in [-0.25, -0.2) is 0 Å². The zero-order valence-electron chi connectivity index (χ0n) is 12.8. The summed E-state index contributed by atoms with van der Waals surface area (Å²) < 4.78 is 8.78. The summed E-state index contributed by atoms with van der Waals surface area (Å²) in [6.45, 7) is 7.22. The summed E-state index contributed by atoms with van der Waals surface area (Å²) in [5.41, 5.74) is 2.45. The summed E-state index contributed by atoms with van der Waals surface area (Å²) in [5.74, 6) is 0.619. The fraction of sp³-hybridized carbons (Fsp3) is 0.800. The molecule has 114 valence electrons. The van der Waals surface area contributed by atoms with E-state index in [-0.39, 0.29) is 0 Å². The van der Waals surface area contributed by atoms with E-state index in [1.165, 1.54) is 10.2 Å². The molecule has 2 unspecified atom stereocenters. The Kier molecular flexibility index (Phi) is 6.05. The van der Waals surface area contributed by atoms with Crippen molar-refractivity contribution >= 4 is 15.9 Å². The van der Waals surface area contributed by atoms with E-state index in [9.17, 15) is 0 Å². The lowest BCUT2D eigenvalue weighted by Crippen LogP contribution is -2.39. The normalized spacial score (nSPS) is 20.5. The van der Waals surface area contributed by atoms with Crippen LogP contribution in [0, 0.1) is 5.92 Å². The number of hydrogen-bond donors (Lipinski definition) is 1. The number of ether oxygens (including phenoxy) is 1. The van der Waals surface area contributed by atoms with Crippen LogP contribution >= 0.6 is 15.9 Å². The van der Waals surface area contributed by atoms with Gasteiger partial charge in [-0.3, -0.25) is 4.68 Å². The lowest BCUT2D eigenvalue weighted by Gasteiger charge is -2.24. The first-order chi connectivity index (χ1) is 9.67. The maximum atomic E-state index is 5.57. The van der Waals surface area contributed by atoms with Crippen molar-refractivity contribution in [2.45, 2.75) is 45.6 Å². The predicted octanol–water partition coefficient (Wildman–Crippen LogP) is 2.69. The summed E-state index contributed by atoms with van der Waals surface area (Å²) >= 11 is 3.73. The molecule has 0 aliphatic carbocycles. The fourth-order valence-corrected chi connectivity index (χ4v) is 3.63. The highest BCUT2D eigenvalue weighted by atomic mass is 79.9. The van der Waals surface area contributed by atoms with Gasteiger partial charge in [0, 0.05) is 32.0 Å². The Morgan fingerprint density at radius 3 is 2.85 bits per heavy atom. The molecule has 0 bridgehead atoms. The van der Waals surface area contributed by atoms with E-state index < -0.39 is 0 Å². The standard InChI is InChI=1S/C15H26BrN3O/c1-4-7-17-13(11-6-8-20-10-11)9-14-15(16)12(5-2)18-19(14)3/h11,13,17H,4-10H2,1-3H3. The molecular weight excluding hydrogens is 318 g/mol. The summed E-state index contributed by atoms with van der Waals surface area (Å²) in [6.07, 6.45) is 4.31. The van der Waals surface area contributed by atoms with Crippen molar-refractivity contribution in [2.24, 2.45) is 13.0 Å². The van der Waals surface area contributed by atoms with E-state index in [0.717, 1.165) is 51.1 Å². The van der Waals surface area contributed by atoms with Crippen molar-refractivity contribution in [1.82, 2.24) is 15.1 Å². The number of nitrogens with zero attached hydrogens (tertiary/aromatic N) is 2. The van der Waals surface area contributed by atoms with Gasteiger partial charge in [0.25, 0.3) is 0 Å². The molecule has 2 heterocycles. The SMILES string of the molecule is CCCNC(Cc1c(Br)c(CC)nn1C)C1CCOC1. The molecule has 5 heteroatoms. The van der Waals surface area contributed by atoms with E-state index in [0.29, 0.717) is 12.0 Å². The van der Waals surface area contributed by atoms with Gasteiger partial charge in [0.05, 0.1) is 22.5 Å². The summed E-state index contributed by atoms with van der Waals surface area (Å²) in [7, 11) is 2.04. The van der Waals surface area contributed by atoms with Crippen LogP contribution in [0.2, 0.25) is 0 Å². The van der Waals surface area contributed by atoms with Gasteiger partial charge < -0.3 is 10.1 Å². The lowest BCUT2D eigenvalue weighted by atomic mass is 9.94. The summed E-state index contributed by atoms with van der Waals surface area (Å²) in [4.78, 5) is 0. The van der Waals surface area contributed by atoms with Crippen molar-refractivity contribution in [3.8, 4) is 0 Å². The number of rotatable bonds is 7. The van der Waals surface area contributed by atoms with Crippen LogP contribution in [0.15, 0.2) is 4.47 Å². The number of halogens is 1. The lowest BCUT2D eigenvalue weighted by molar-refractivity contribution is 0.176. The van der Waals surface area contributed by atoms with Crippen molar-refractivity contribution < 1.29 is 4.74 Å². The van der Waals surface area contributed by atoms with E-state index in [2.05, 4.69) is 40.2 Å². The molecule has 0 spiro atoms. The van der Waals surface area contributed by atoms with Gasteiger partial charge in [0.15, 0.2) is 0 Å². The molecule has 1 aliphatic rings. The first-order valence-electron chi connectivity index (χ1n) is 7.68. The number of nitrogens with one attached hydrogen (secondary N) is 1. The Morgan fingerprint density at radius 1 is 1.50 bits per heavy atom. The fourth-order valence-electron chi connectivity index (χ4n) is 2.86. The Bertz CT molecular complexity index is 427. The predicted molar refractivity (Wildman–Crippen MR) is 85.0 cm³/mol. The topological polar surface area (TPSA) is 39.1 Å². The Balaban J connectivity index is 2.11. The van der Waals surface area contributed by atoms with Gasteiger partial charge >= 0.3 is 0 Å². The molecule has 0 saturated carbocycles. The van der Waals surface area contributed by atoms with Crippen LogP contribution in [0.3, 0.4) is 0 Å². The van der Waals surface area contributed by atoms with Crippen LogP contribution < -0.4 is 5.32 Å². The third-order valence-corrected chi connectivity index (χ3v) is 5.02. The molecule has 1 fully saturated rings. The third-order valence-electron chi connectivity index (χ3n) is 4.11. The minimum Gasteiger partial charge on any atom is -0.381 e. The highest BCUT2D eigenvalue weighted by Gasteiger charge is 2.27. The van der Waals surface area contributed by atoms with Gasteiger partial charge in [-0.1, -0.05) is 13.8 Å². The van der Waals surface area contributed by atoms with Gasteiger partial charge in [-0.2, -0.15) is 5.10 Å². The first kappa shape index (κ1) is 16.0. The molecule has 1 aliphatic heterocycles. The van der Waals surface area contributed by atoms with Gasteiger partial charge in [0.1, 0.15) is 0 Å². The van der Waals surface area contributed by atoms with Crippen molar-refractivity contribution in [1.29, 1.82) is 0 Å². The van der Waals surface area contributed by atoms with E-state index >= 15 is 0 Å². The molecule has 4 nitrogen and oxygen atoms in total. The van der Waals surface area contributed by atoms with E-state index in [1.807, 2.05) is 11.7 Å². The van der Waals surface area contributed by atoms with E-state index in [1.54, 1.807) is 0 Å². The average Bonchev–Trinajstić information content (AvgIpc) is 3.05. The quantitative estimate of drug-likeness (QED) is 0.827. The Morgan fingerprint density at radius 2 is 2.30 bits per heavy atom. The molecule has 0 radical (unpaired) electrons. The average molecular weight is 344 g/mol. The monoisotopic (exact) mass is 343 g/mol. The van der Waals surface area contributed by atoms with Crippen LogP contribution in [0.1, 0.15) is 38.1 Å². The zero-order chi connectivity index (χ0) is 14.5. The van der Waals surface area contributed by atoms with Gasteiger partial charge in [-0.15, -0.1) is 0 Å². The molecule has 1 N–H and O–H groups in total. The number of aromatic nitrogens is 2. The molecule has 2 rings (SSSR count). The van der Waals surface area contributed by atoms with E-state index in [4.69, 9.17) is 4.74 Å². The Hall–Kier alpha value is -0.390. The highest BCUT2D eigenvalue weighted by molar-refractivity contribution is 9.10. The van der Waals surface area contributed by atoms with Gasteiger partial charge in [-0.05, 0) is 41.7 Å². The third kappa shape index (κ3) is 3.62. The second-order valence-electron chi connectivity index (χ2n) is 5.57. The van der Waals surface area contributed by atoms with Crippen molar-refractivity contribution in [3.05, 3.63) is 15.9 Å².